The average molecular weight is 295 g/mol. The molecule has 0 spiro atoms. The van der Waals surface area contributed by atoms with E-state index in [-0.39, 0.29) is 17.9 Å². The zero-order chi connectivity index (χ0) is 14.1. The molecule has 1 aliphatic carbocycles. The Morgan fingerprint density at radius 3 is 3.00 bits per heavy atom. The first-order valence-corrected chi connectivity index (χ1v) is 6.49. The Morgan fingerprint density at radius 2 is 2.30 bits per heavy atom. The van der Waals surface area contributed by atoms with Gasteiger partial charge in [-0.05, 0) is 31.0 Å². The number of aromatic nitrogens is 2. The lowest BCUT2D eigenvalue weighted by Gasteiger charge is -2.07. The fourth-order valence-electron chi connectivity index (χ4n) is 1.76. The van der Waals surface area contributed by atoms with E-state index in [4.69, 9.17) is 26.0 Å². The third-order valence-electron chi connectivity index (χ3n) is 2.94. The van der Waals surface area contributed by atoms with Crippen molar-refractivity contribution < 1.29 is 19.2 Å². The monoisotopic (exact) mass is 294 g/mol. The quantitative estimate of drug-likeness (QED) is 0.912. The van der Waals surface area contributed by atoms with Gasteiger partial charge in [0.2, 0.25) is 11.7 Å². The molecule has 1 aromatic carbocycles. The van der Waals surface area contributed by atoms with Gasteiger partial charge in [-0.2, -0.15) is 4.98 Å². The molecule has 1 aliphatic rings. The summed E-state index contributed by atoms with van der Waals surface area (Å²) in [4.78, 5) is 15.3. The fourth-order valence-corrected chi connectivity index (χ4v) is 1.93. The molecular formula is C13H11ClN2O4. The van der Waals surface area contributed by atoms with E-state index in [0.29, 0.717) is 22.7 Å². The molecule has 3 rings (SSSR count). The summed E-state index contributed by atoms with van der Waals surface area (Å²) in [6, 6.07) is 4.41. The van der Waals surface area contributed by atoms with Crippen molar-refractivity contribution in [1.29, 1.82) is 0 Å². The van der Waals surface area contributed by atoms with E-state index in [1.807, 2.05) is 0 Å². The van der Waals surface area contributed by atoms with Crippen LogP contribution >= 0.6 is 11.6 Å². The molecule has 1 fully saturated rings. The summed E-state index contributed by atoms with van der Waals surface area (Å²) in [6.07, 6.45) is 2.14. The van der Waals surface area contributed by atoms with Crippen LogP contribution in [0.15, 0.2) is 22.7 Å². The van der Waals surface area contributed by atoms with Crippen LogP contribution in [-0.4, -0.2) is 21.2 Å². The lowest BCUT2D eigenvalue weighted by Crippen LogP contribution is -2.04. The molecule has 104 valence electrons. The van der Waals surface area contributed by atoms with Crippen molar-refractivity contribution in [2.45, 2.75) is 25.4 Å². The predicted octanol–water partition coefficient (Wildman–Crippen LogP) is 2.88. The van der Waals surface area contributed by atoms with E-state index in [0.717, 1.165) is 12.8 Å². The highest BCUT2D eigenvalue weighted by atomic mass is 35.5. The molecule has 1 saturated carbocycles. The summed E-state index contributed by atoms with van der Waals surface area (Å²) in [7, 11) is 0. The minimum absolute atomic E-state index is 0.00316. The van der Waals surface area contributed by atoms with Crippen molar-refractivity contribution in [3.8, 4) is 5.75 Å². The van der Waals surface area contributed by atoms with E-state index in [2.05, 4.69) is 10.1 Å². The number of rotatable bonds is 5. The maximum absolute atomic E-state index is 11.1. The van der Waals surface area contributed by atoms with Gasteiger partial charge in [-0.3, -0.25) is 0 Å². The van der Waals surface area contributed by atoms with Crippen LogP contribution in [0.4, 0.5) is 0 Å². The average Bonchev–Trinajstić information content (AvgIpc) is 3.17. The van der Waals surface area contributed by atoms with Crippen LogP contribution in [0, 0.1) is 0 Å². The second-order valence-electron chi connectivity index (χ2n) is 4.56. The van der Waals surface area contributed by atoms with Crippen LogP contribution in [0.3, 0.4) is 0 Å². The summed E-state index contributed by atoms with van der Waals surface area (Å²) < 4.78 is 10.5. The van der Waals surface area contributed by atoms with E-state index in [1.165, 1.54) is 12.1 Å². The van der Waals surface area contributed by atoms with Crippen molar-refractivity contribution >= 4 is 17.6 Å². The molecule has 0 amide bonds. The standard InChI is InChI=1S/C13H11ClN2O4/c14-8-3-4-10(9(5-8)13(17)18)19-6-11-15-12(20-16-11)7-1-2-7/h3-5,7H,1-2,6H2,(H,17,18). The van der Waals surface area contributed by atoms with Crippen molar-refractivity contribution in [3.63, 3.8) is 0 Å². The van der Waals surface area contributed by atoms with Crippen molar-refractivity contribution in [2.75, 3.05) is 0 Å². The van der Waals surface area contributed by atoms with Gasteiger partial charge >= 0.3 is 5.97 Å². The number of ether oxygens (including phenoxy) is 1. The SMILES string of the molecule is O=C(O)c1cc(Cl)ccc1OCc1noc(C2CC2)n1. The summed E-state index contributed by atoms with van der Waals surface area (Å²) in [6.45, 7) is 0.0537. The Bertz CT molecular complexity index is 652. The molecule has 1 heterocycles. The minimum Gasteiger partial charge on any atom is -0.485 e. The Labute approximate surface area is 119 Å². The minimum atomic E-state index is -1.10. The number of halogens is 1. The molecule has 2 aromatic rings. The van der Waals surface area contributed by atoms with Crippen LogP contribution in [0.2, 0.25) is 5.02 Å². The van der Waals surface area contributed by atoms with E-state index >= 15 is 0 Å². The number of carboxylic acid groups (broad SMARTS) is 1. The zero-order valence-corrected chi connectivity index (χ0v) is 11.1. The lowest BCUT2D eigenvalue weighted by atomic mass is 10.2. The predicted molar refractivity (Wildman–Crippen MR) is 69.0 cm³/mol. The molecule has 7 heteroatoms. The Kier molecular flexibility index (Phi) is 3.31. The fraction of sp³-hybridized carbons (Fsp3) is 0.308. The van der Waals surface area contributed by atoms with Crippen LogP contribution in [-0.2, 0) is 6.61 Å². The van der Waals surface area contributed by atoms with Crippen molar-refractivity contribution in [2.24, 2.45) is 0 Å². The highest BCUT2D eigenvalue weighted by molar-refractivity contribution is 6.31. The highest BCUT2D eigenvalue weighted by Crippen LogP contribution is 2.38. The molecule has 6 nitrogen and oxygen atoms in total. The topological polar surface area (TPSA) is 85.5 Å². The summed E-state index contributed by atoms with van der Waals surface area (Å²) in [5, 5.41) is 13.2. The molecule has 0 radical (unpaired) electrons. The number of benzene rings is 1. The molecule has 0 bridgehead atoms. The van der Waals surface area contributed by atoms with Crippen LogP contribution in [0.25, 0.3) is 0 Å². The van der Waals surface area contributed by atoms with Crippen LogP contribution in [0.5, 0.6) is 5.75 Å². The van der Waals surface area contributed by atoms with Gasteiger partial charge < -0.3 is 14.4 Å². The second kappa shape index (κ2) is 5.13. The molecular weight excluding hydrogens is 284 g/mol. The molecule has 0 aliphatic heterocycles. The lowest BCUT2D eigenvalue weighted by molar-refractivity contribution is 0.0691. The molecule has 0 unspecified atom stereocenters. The number of hydrogen-bond donors (Lipinski definition) is 1. The van der Waals surface area contributed by atoms with Crippen LogP contribution < -0.4 is 4.74 Å². The van der Waals surface area contributed by atoms with Gasteiger partial charge in [0.05, 0.1) is 0 Å². The molecule has 1 aromatic heterocycles. The first-order chi connectivity index (χ1) is 9.63. The van der Waals surface area contributed by atoms with E-state index < -0.39 is 5.97 Å². The maximum Gasteiger partial charge on any atom is 0.339 e. The van der Waals surface area contributed by atoms with Gasteiger partial charge in [0.15, 0.2) is 6.61 Å². The van der Waals surface area contributed by atoms with Crippen molar-refractivity contribution in [3.05, 3.63) is 40.5 Å². The third-order valence-corrected chi connectivity index (χ3v) is 3.17. The number of hydrogen-bond acceptors (Lipinski definition) is 5. The van der Waals surface area contributed by atoms with Gasteiger partial charge in [-0.1, -0.05) is 16.8 Å². The Morgan fingerprint density at radius 1 is 1.50 bits per heavy atom. The number of carboxylic acids is 1. The maximum atomic E-state index is 11.1. The highest BCUT2D eigenvalue weighted by Gasteiger charge is 2.29. The first kappa shape index (κ1) is 12.9. The van der Waals surface area contributed by atoms with E-state index in [1.54, 1.807) is 6.07 Å². The summed E-state index contributed by atoms with van der Waals surface area (Å²) >= 11 is 5.76. The summed E-state index contributed by atoms with van der Waals surface area (Å²) in [5.74, 6) is 0.520. The molecule has 0 saturated heterocycles. The van der Waals surface area contributed by atoms with Crippen molar-refractivity contribution in [1.82, 2.24) is 10.1 Å². The number of aromatic carboxylic acids is 1. The van der Waals surface area contributed by atoms with Gasteiger partial charge in [-0.15, -0.1) is 0 Å². The number of nitrogens with zero attached hydrogens (tertiary/aromatic N) is 2. The van der Waals surface area contributed by atoms with Gasteiger partial charge in [0, 0.05) is 10.9 Å². The first-order valence-electron chi connectivity index (χ1n) is 6.11. The molecule has 20 heavy (non-hydrogen) atoms. The molecule has 1 N–H and O–H groups in total. The van der Waals surface area contributed by atoms with E-state index in [9.17, 15) is 4.79 Å². The van der Waals surface area contributed by atoms with Gasteiger partial charge in [0.25, 0.3) is 0 Å². The normalized spacial score (nSPS) is 14.2. The Hall–Kier alpha value is -2.08. The third kappa shape index (κ3) is 2.75. The van der Waals surface area contributed by atoms with Gasteiger partial charge in [-0.25, -0.2) is 4.79 Å². The second-order valence-corrected chi connectivity index (χ2v) is 4.99. The zero-order valence-electron chi connectivity index (χ0n) is 10.4. The Balaban J connectivity index is 1.72. The largest absolute Gasteiger partial charge is 0.485 e. The molecule has 0 atom stereocenters. The van der Waals surface area contributed by atoms with Gasteiger partial charge in [0.1, 0.15) is 11.3 Å². The number of carbonyl (C=O) groups is 1. The smallest absolute Gasteiger partial charge is 0.339 e. The summed E-state index contributed by atoms with van der Waals surface area (Å²) in [5.41, 5.74) is 0.00316. The van der Waals surface area contributed by atoms with Crippen LogP contribution in [0.1, 0.15) is 40.8 Å².